The topological polar surface area (TPSA) is 93.5 Å². The van der Waals surface area contributed by atoms with E-state index in [1.807, 2.05) is 19.9 Å². The maximum Gasteiger partial charge on any atom is 0.326 e. The van der Waals surface area contributed by atoms with E-state index in [9.17, 15) is 9.59 Å². The van der Waals surface area contributed by atoms with Gasteiger partial charge < -0.3 is 15.2 Å². The highest BCUT2D eigenvalue weighted by atomic mass is 16.5. The third-order valence-electron chi connectivity index (χ3n) is 2.64. The second-order valence-electron chi connectivity index (χ2n) is 4.32. The number of hydrogen-bond donors (Lipinski definition) is 2. The lowest BCUT2D eigenvalue weighted by atomic mass is 10.2. The fraction of sp³-hybridized carbons (Fsp3) is 0.583. The van der Waals surface area contributed by atoms with Crippen LogP contribution in [0.15, 0.2) is 6.07 Å². The number of carboxylic acids is 1. The van der Waals surface area contributed by atoms with Gasteiger partial charge in [0.25, 0.3) is 0 Å². The van der Waals surface area contributed by atoms with Gasteiger partial charge in [-0.15, -0.1) is 0 Å². The Morgan fingerprint density at radius 3 is 2.68 bits per heavy atom. The molecule has 0 bridgehead atoms. The van der Waals surface area contributed by atoms with Crippen molar-refractivity contribution in [3.05, 3.63) is 17.5 Å². The summed E-state index contributed by atoms with van der Waals surface area (Å²) in [6.07, 6.45) is 0.231. The molecule has 2 N–H and O–H groups in total. The largest absolute Gasteiger partial charge is 0.480 e. The number of nitrogens with one attached hydrogen (secondary N) is 1. The minimum Gasteiger partial charge on any atom is -0.480 e. The van der Waals surface area contributed by atoms with Gasteiger partial charge in [0.05, 0.1) is 5.69 Å². The Kier molecular flexibility index (Phi) is 5.50. The molecule has 1 heterocycles. The van der Waals surface area contributed by atoms with Crippen molar-refractivity contribution in [2.75, 3.05) is 13.7 Å². The first-order valence-corrected chi connectivity index (χ1v) is 5.96. The Labute approximate surface area is 111 Å². The fourth-order valence-corrected chi connectivity index (χ4v) is 1.70. The normalized spacial score (nSPS) is 12.2. The van der Waals surface area contributed by atoms with Crippen LogP contribution in [0.3, 0.4) is 0 Å². The lowest BCUT2D eigenvalue weighted by Crippen LogP contribution is -2.43. The molecular formula is C12H19N3O4. The van der Waals surface area contributed by atoms with Gasteiger partial charge in [-0.2, -0.15) is 5.10 Å². The summed E-state index contributed by atoms with van der Waals surface area (Å²) in [4.78, 5) is 22.7. The number of ether oxygens (including phenoxy) is 1. The highest BCUT2D eigenvalue weighted by molar-refractivity contribution is 5.83. The Bertz CT molecular complexity index is 456. The van der Waals surface area contributed by atoms with Gasteiger partial charge in [0.1, 0.15) is 12.6 Å². The van der Waals surface area contributed by atoms with Gasteiger partial charge in [0, 0.05) is 25.8 Å². The maximum absolute atomic E-state index is 11.8. The van der Waals surface area contributed by atoms with Gasteiger partial charge >= 0.3 is 5.97 Å². The highest BCUT2D eigenvalue weighted by Crippen LogP contribution is 2.01. The van der Waals surface area contributed by atoms with Crippen LogP contribution < -0.4 is 5.32 Å². The molecule has 1 aromatic heterocycles. The van der Waals surface area contributed by atoms with Crippen LogP contribution in [0.4, 0.5) is 0 Å². The maximum atomic E-state index is 11.8. The summed E-state index contributed by atoms with van der Waals surface area (Å²) in [5.41, 5.74) is 1.68. The Hall–Kier alpha value is -1.89. The predicted octanol–water partition coefficient (Wildman–Crippen LogP) is 0.106. The zero-order chi connectivity index (χ0) is 14.4. The molecular weight excluding hydrogens is 250 g/mol. The van der Waals surface area contributed by atoms with Crippen LogP contribution in [0.1, 0.15) is 17.8 Å². The van der Waals surface area contributed by atoms with Crippen molar-refractivity contribution in [2.24, 2.45) is 0 Å². The molecule has 0 saturated heterocycles. The number of amides is 1. The molecule has 0 aliphatic heterocycles. The molecule has 0 radical (unpaired) electrons. The van der Waals surface area contributed by atoms with Gasteiger partial charge in [-0.1, -0.05) is 0 Å². The first-order valence-electron chi connectivity index (χ1n) is 5.96. The number of nitrogens with zero attached hydrogens (tertiary/aromatic N) is 2. The summed E-state index contributed by atoms with van der Waals surface area (Å²) in [5.74, 6) is -1.45. The van der Waals surface area contributed by atoms with Crippen molar-refractivity contribution in [2.45, 2.75) is 32.9 Å². The van der Waals surface area contributed by atoms with Crippen LogP contribution in [0.2, 0.25) is 0 Å². The molecule has 0 aromatic carbocycles. The summed E-state index contributed by atoms with van der Waals surface area (Å²) in [5, 5.41) is 15.6. The number of aromatic nitrogens is 2. The number of carboxylic acid groups (broad SMARTS) is 1. The number of hydrogen-bond acceptors (Lipinski definition) is 4. The van der Waals surface area contributed by atoms with Gasteiger partial charge in [-0.25, -0.2) is 4.79 Å². The van der Waals surface area contributed by atoms with E-state index in [-0.39, 0.29) is 25.5 Å². The molecule has 1 amide bonds. The first kappa shape index (κ1) is 15.2. The summed E-state index contributed by atoms with van der Waals surface area (Å²) in [6, 6.07) is 0.914. The minimum absolute atomic E-state index is 0.0104. The third-order valence-corrected chi connectivity index (χ3v) is 2.64. The number of rotatable bonds is 7. The Morgan fingerprint density at radius 2 is 2.21 bits per heavy atom. The van der Waals surface area contributed by atoms with E-state index >= 15 is 0 Å². The van der Waals surface area contributed by atoms with Crippen molar-refractivity contribution in [3.63, 3.8) is 0 Å². The molecule has 0 saturated carbocycles. The van der Waals surface area contributed by atoms with Crippen molar-refractivity contribution >= 4 is 11.9 Å². The van der Waals surface area contributed by atoms with Crippen LogP contribution in [0.5, 0.6) is 0 Å². The molecule has 0 aliphatic rings. The second-order valence-corrected chi connectivity index (χ2v) is 4.32. The number of methoxy groups -OCH3 is 1. The third kappa shape index (κ3) is 4.70. The Morgan fingerprint density at radius 1 is 1.53 bits per heavy atom. The van der Waals surface area contributed by atoms with Crippen molar-refractivity contribution in [1.29, 1.82) is 0 Å². The van der Waals surface area contributed by atoms with Gasteiger partial charge in [-0.3, -0.25) is 9.48 Å². The summed E-state index contributed by atoms with van der Waals surface area (Å²) >= 11 is 0. The van der Waals surface area contributed by atoms with Gasteiger partial charge in [-0.05, 0) is 19.9 Å². The molecule has 7 nitrogen and oxygen atoms in total. The molecule has 7 heteroatoms. The van der Waals surface area contributed by atoms with Crippen LogP contribution in [0.25, 0.3) is 0 Å². The summed E-state index contributed by atoms with van der Waals surface area (Å²) in [7, 11) is 1.48. The molecule has 1 aromatic rings. The number of carbonyl (C=O) groups is 2. The van der Waals surface area contributed by atoms with Crippen LogP contribution in [0, 0.1) is 13.8 Å². The van der Waals surface area contributed by atoms with Crippen LogP contribution in [-0.4, -0.2) is 46.5 Å². The first-order chi connectivity index (χ1) is 8.93. The number of aliphatic carboxylic acids is 1. The predicted molar refractivity (Wildman–Crippen MR) is 67.8 cm³/mol. The van der Waals surface area contributed by atoms with Crippen molar-refractivity contribution < 1.29 is 19.4 Å². The smallest absolute Gasteiger partial charge is 0.326 e. The lowest BCUT2D eigenvalue weighted by molar-refractivity contribution is -0.142. The SMILES string of the molecule is COCCC(NC(=O)Cn1nc(C)cc1C)C(=O)O. The zero-order valence-corrected chi connectivity index (χ0v) is 11.3. The van der Waals surface area contributed by atoms with Crippen molar-refractivity contribution in [1.82, 2.24) is 15.1 Å². The van der Waals surface area contributed by atoms with Crippen LogP contribution in [-0.2, 0) is 20.9 Å². The quantitative estimate of drug-likeness (QED) is 0.732. The minimum atomic E-state index is -1.07. The average molecular weight is 269 g/mol. The van der Waals surface area contributed by atoms with E-state index in [0.29, 0.717) is 0 Å². The summed E-state index contributed by atoms with van der Waals surface area (Å²) < 4.78 is 6.35. The van der Waals surface area contributed by atoms with E-state index in [1.54, 1.807) is 4.68 Å². The standard InChI is InChI=1S/C12H19N3O4/c1-8-6-9(2)15(14-8)7-11(16)13-10(12(17)18)4-5-19-3/h6,10H,4-5,7H2,1-3H3,(H,13,16)(H,17,18). The van der Waals surface area contributed by atoms with Gasteiger partial charge in [0.15, 0.2) is 0 Å². The van der Waals surface area contributed by atoms with Crippen LogP contribution >= 0.6 is 0 Å². The highest BCUT2D eigenvalue weighted by Gasteiger charge is 2.20. The zero-order valence-electron chi connectivity index (χ0n) is 11.3. The molecule has 0 fully saturated rings. The average Bonchev–Trinajstić information content (AvgIpc) is 2.62. The van der Waals surface area contributed by atoms with E-state index in [0.717, 1.165) is 11.4 Å². The van der Waals surface area contributed by atoms with E-state index in [2.05, 4.69) is 10.4 Å². The van der Waals surface area contributed by atoms with E-state index in [1.165, 1.54) is 7.11 Å². The molecule has 1 rings (SSSR count). The lowest BCUT2D eigenvalue weighted by Gasteiger charge is -2.14. The number of aryl methyl sites for hydroxylation is 2. The molecule has 1 atom stereocenters. The fourth-order valence-electron chi connectivity index (χ4n) is 1.70. The van der Waals surface area contributed by atoms with E-state index in [4.69, 9.17) is 9.84 Å². The molecule has 19 heavy (non-hydrogen) atoms. The number of carbonyl (C=O) groups excluding carboxylic acids is 1. The second kappa shape index (κ2) is 6.89. The summed E-state index contributed by atoms with van der Waals surface area (Å²) in [6.45, 7) is 3.96. The van der Waals surface area contributed by atoms with Crippen molar-refractivity contribution in [3.8, 4) is 0 Å². The molecule has 0 spiro atoms. The molecule has 0 aliphatic carbocycles. The monoisotopic (exact) mass is 269 g/mol. The molecule has 106 valence electrons. The van der Waals surface area contributed by atoms with Gasteiger partial charge in [0.2, 0.25) is 5.91 Å². The Balaban J connectivity index is 2.57. The van der Waals surface area contributed by atoms with E-state index < -0.39 is 12.0 Å². The molecule has 1 unspecified atom stereocenters.